The van der Waals surface area contributed by atoms with E-state index in [2.05, 4.69) is 74.1 Å². The first-order valence-electron chi connectivity index (χ1n) is 20.3. The molecule has 5 atom stereocenters. The number of hydrogen-bond donors (Lipinski definition) is 4. The Labute approximate surface area is 338 Å². The maximum absolute atomic E-state index is 14.0. The average Bonchev–Trinajstić information content (AvgIpc) is 4.07. The number of ether oxygens (including phenoxy) is 3. The maximum Gasteiger partial charge on any atom is 0.407 e. The van der Waals surface area contributed by atoms with Crippen LogP contribution in [0.4, 0.5) is 9.59 Å². The van der Waals surface area contributed by atoms with E-state index in [9.17, 15) is 19.2 Å². The largest absolute Gasteiger partial charge is 0.453 e. The van der Waals surface area contributed by atoms with Gasteiger partial charge >= 0.3 is 12.2 Å². The average molecular weight is 795 g/mol. The minimum absolute atomic E-state index is 0.0957. The first-order valence-corrected chi connectivity index (χ1v) is 20.3. The Hall–Kier alpha value is -5.70. The van der Waals surface area contributed by atoms with Crippen LogP contribution < -0.4 is 10.6 Å². The minimum Gasteiger partial charge on any atom is -0.453 e. The van der Waals surface area contributed by atoms with Gasteiger partial charge in [-0.1, -0.05) is 69.3 Å². The number of imidazole rings is 2. The normalized spacial score (nSPS) is 21.7. The van der Waals surface area contributed by atoms with Crippen LogP contribution in [0.25, 0.3) is 33.6 Å². The summed E-state index contributed by atoms with van der Waals surface area (Å²) in [5, 5.41) is 5.49. The number of aromatic nitrogens is 4. The minimum atomic E-state index is -0.705. The van der Waals surface area contributed by atoms with E-state index >= 15 is 0 Å². The summed E-state index contributed by atoms with van der Waals surface area (Å²) in [4.78, 5) is 72.1. The monoisotopic (exact) mass is 794 g/mol. The van der Waals surface area contributed by atoms with Gasteiger partial charge in [0.05, 0.1) is 56.2 Å². The third kappa shape index (κ3) is 8.59. The summed E-state index contributed by atoms with van der Waals surface area (Å²) >= 11 is 0. The fourth-order valence-corrected chi connectivity index (χ4v) is 8.41. The Morgan fingerprint density at radius 1 is 0.828 bits per heavy atom. The lowest BCUT2D eigenvalue weighted by atomic mass is 9.95. The fourth-order valence-electron chi connectivity index (χ4n) is 8.41. The second kappa shape index (κ2) is 17.8. The highest BCUT2D eigenvalue weighted by molar-refractivity contribution is 5.87. The Morgan fingerprint density at radius 3 is 2.17 bits per heavy atom. The number of H-pyrrole nitrogens is 2. The number of nitrogens with zero attached hydrogens (tertiary/aromatic N) is 4. The molecule has 15 nitrogen and oxygen atoms in total. The third-order valence-electron chi connectivity index (χ3n) is 11.7. The number of carbonyl (C=O) groups excluding carboxylic acids is 4. The van der Waals surface area contributed by atoms with Crippen LogP contribution in [0.1, 0.15) is 88.7 Å². The summed E-state index contributed by atoms with van der Waals surface area (Å²) in [6, 6.07) is 14.7. The molecule has 2 aromatic carbocycles. The summed E-state index contributed by atoms with van der Waals surface area (Å²) in [6.45, 7) is 7.82. The molecule has 4 aromatic rings. The number of amides is 4. The zero-order chi connectivity index (χ0) is 40.9. The van der Waals surface area contributed by atoms with Crippen molar-refractivity contribution < 1.29 is 33.4 Å². The molecule has 2 fully saturated rings. The summed E-state index contributed by atoms with van der Waals surface area (Å²) in [5.41, 5.74) is 6.51. The molecule has 2 bridgehead atoms. The van der Waals surface area contributed by atoms with Crippen LogP contribution in [0.15, 0.2) is 54.7 Å². The number of carbonyl (C=O) groups is 4. The lowest BCUT2D eigenvalue weighted by molar-refractivity contribution is -0.136. The van der Waals surface area contributed by atoms with Gasteiger partial charge in [-0.15, -0.1) is 0 Å². The number of likely N-dealkylation sites (tertiary alicyclic amines) is 1. The smallest absolute Gasteiger partial charge is 0.407 e. The zero-order valence-corrected chi connectivity index (χ0v) is 33.9. The number of methoxy groups -OCH3 is 2. The molecule has 308 valence electrons. The predicted molar refractivity (Wildman–Crippen MR) is 216 cm³/mol. The number of hydrogen-bond acceptors (Lipinski definition) is 9. The first-order chi connectivity index (χ1) is 28.1. The fraction of sp³-hybridized carbons (Fsp3) is 0.488. The van der Waals surface area contributed by atoms with Gasteiger partial charge in [-0.3, -0.25) is 9.59 Å². The summed E-state index contributed by atoms with van der Waals surface area (Å²) in [5.74, 6) is 0.964. The van der Waals surface area contributed by atoms with E-state index in [-0.39, 0.29) is 35.7 Å². The zero-order valence-electron chi connectivity index (χ0n) is 33.9. The molecule has 0 saturated carbocycles. The first kappa shape index (κ1) is 40.5. The highest BCUT2D eigenvalue weighted by Gasteiger charge is 2.40. The molecular formula is C43H54N8O7. The number of nitrogens with one attached hydrogen (secondary N) is 4. The van der Waals surface area contributed by atoms with Gasteiger partial charge in [0, 0.05) is 25.3 Å². The highest BCUT2D eigenvalue weighted by Crippen LogP contribution is 2.36. The Bertz CT molecular complexity index is 2080. The van der Waals surface area contributed by atoms with Gasteiger partial charge in [0.25, 0.3) is 0 Å². The quantitative estimate of drug-likeness (QED) is 0.154. The van der Waals surface area contributed by atoms with Crippen LogP contribution in [0.3, 0.4) is 0 Å². The van der Waals surface area contributed by atoms with Crippen molar-refractivity contribution in [2.45, 2.75) is 90.1 Å². The van der Waals surface area contributed by atoms with Gasteiger partial charge < -0.3 is 44.6 Å². The SMILES string of the molecule is COC(=O)N[C@H](C(=O)N1CCC[C@H]1c1ncc(-c2ccc(-c3ccc(-c4nc5[nH]c4COCCC[C@H](C)[C@H](NC(=O)OC)C(=O)N4CCC[C@@H]54)cc3)cc2)[nH]1)C(C)C. The molecule has 2 aromatic heterocycles. The molecule has 15 heteroatoms. The van der Waals surface area contributed by atoms with Crippen molar-refractivity contribution in [1.29, 1.82) is 0 Å². The van der Waals surface area contributed by atoms with Crippen molar-refractivity contribution in [2.75, 3.05) is 33.9 Å². The Balaban J connectivity index is 1.06. The van der Waals surface area contributed by atoms with E-state index in [4.69, 9.17) is 19.2 Å². The maximum atomic E-state index is 14.0. The summed E-state index contributed by atoms with van der Waals surface area (Å²) in [7, 11) is 2.59. The molecule has 4 amide bonds. The van der Waals surface area contributed by atoms with Gasteiger partial charge in [-0.2, -0.15) is 0 Å². The van der Waals surface area contributed by atoms with Crippen LogP contribution >= 0.6 is 0 Å². The van der Waals surface area contributed by atoms with Crippen molar-refractivity contribution >= 4 is 24.0 Å². The molecule has 0 unspecified atom stereocenters. The van der Waals surface area contributed by atoms with Gasteiger partial charge in [0.2, 0.25) is 11.8 Å². The number of fused-ring (bicyclic) bond motifs is 4. The van der Waals surface area contributed by atoms with Crippen molar-refractivity contribution in [2.24, 2.45) is 11.8 Å². The van der Waals surface area contributed by atoms with Crippen LogP contribution in [-0.2, 0) is 30.4 Å². The van der Waals surface area contributed by atoms with E-state index in [1.165, 1.54) is 14.2 Å². The van der Waals surface area contributed by atoms with E-state index in [1.807, 2.05) is 30.6 Å². The summed E-state index contributed by atoms with van der Waals surface area (Å²) in [6.07, 6.45) is 5.23. The van der Waals surface area contributed by atoms with Gasteiger partial charge in [0.1, 0.15) is 23.7 Å². The van der Waals surface area contributed by atoms with Crippen LogP contribution in [0, 0.1) is 11.8 Å². The molecule has 0 aliphatic carbocycles. The highest BCUT2D eigenvalue weighted by atomic mass is 16.5. The lowest BCUT2D eigenvalue weighted by Crippen LogP contribution is -2.51. The van der Waals surface area contributed by atoms with Gasteiger partial charge in [-0.25, -0.2) is 19.6 Å². The molecule has 2 saturated heterocycles. The molecule has 4 N–H and O–H groups in total. The molecule has 5 heterocycles. The lowest BCUT2D eigenvalue weighted by Gasteiger charge is -2.31. The second-order valence-electron chi connectivity index (χ2n) is 15.8. The Kier molecular flexibility index (Phi) is 12.5. The molecule has 3 aliphatic heterocycles. The number of aromatic amines is 2. The van der Waals surface area contributed by atoms with E-state index in [0.29, 0.717) is 38.5 Å². The number of benzene rings is 2. The van der Waals surface area contributed by atoms with Crippen LogP contribution in [0.5, 0.6) is 0 Å². The van der Waals surface area contributed by atoms with Crippen molar-refractivity contribution in [3.05, 3.63) is 72.1 Å². The van der Waals surface area contributed by atoms with Crippen molar-refractivity contribution in [1.82, 2.24) is 40.4 Å². The molecule has 3 aliphatic rings. The summed E-state index contributed by atoms with van der Waals surface area (Å²) < 4.78 is 15.8. The predicted octanol–water partition coefficient (Wildman–Crippen LogP) is 6.51. The molecule has 0 spiro atoms. The third-order valence-corrected chi connectivity index (χ3v) is 11.7. The molecule has 58 heavy (non-hydrogen) atoms. The van der Waals surface area contributed by atoms with Crippen LogP contribution in [0.2, 0.25) is 0 Å². The second-order valence-corrected chi connectivity index (χ2v) is 15.8. The van der Waals surface area contributed by atoms with E-state index in [1.54, 1.807) is 6.20 Å². The van der Waals surface area contributed by atoms with Crippen molar-refractivity contribution in [3.8, 4) is 33.6 Å². The number of alkyl carbamates (subject to hydrolysis) is 2. The van der Waals surface area contributed by atoms with Crippen LogP contribution in [-0.4, -0.2) is 99.7 Å². The van der Waals surface area contributed by atoms with Gasteiger partial charge in [-0.05, 0) is 67.1 Å². The molecular weight excluding hydrogens is 741 g/mol. The van der Waals surface area contributed by atoms with Crippen molar-refractivity contribution in [3.63, 3.8) is 0 Å². The Morgan fingerprint density at radius 2 is 1.48 bits per heavy atom. The van der Waals surface area contributed by atoms with Gasteiger partial charge in [0.15, 0.2) is 0 Å². The molecule has 0 radical (unpaired) electrons. The van der Waals surface area contributed by atoms with E-state index < -0.39 is 24.3 Å². The van der Waals surface area contributed by atoms with E-state index in [0.717, 1.165) is 77.3 Å². The topological polar surface area (TPSA) is 184 Å². The number of rotatable bonds is 8. The molecule has 7 rings (SSSR count). The standard InChI is InChI=1S/C43H54N8O7/c1-25(2)35(48-42(54)56-4)40(52)50-20-6-10-33(50)38-44-23-31(45-38)29-16-12-27(13-17-29)28-14-18-30(19-15-28)37-32-24-58-22-8-9-26(3)36(49-43(55)57-5)41(53)51-21-7-11-34(51)39(46-32)47-37/h12-19,23,25-26,33-36H,6-11,20-22,24H2,1-5H3,(H,44,45)(H,46,47)(H,48,54)(H,49,55)/t26-,33-,34-,35-,36-/m0/s1.